The van der Waals surface area contributed by atoms with E-state index in [-0.39, 0.29) is 11.8 Å². The molecule has 0 bridgehead atoms. The first-order chi connectivity index (χ1) is 10.8. The van der Waals surface area contributed by atoms with Crippen LogP contribution in [0.1, 0.15) is 11.6 Å². The second kappa shape index (κ2) is 6.50. The summed E-state index contributed by atoms with van der Waals surface area (Å²) in [6.07, 6.45) is 0. The Labute approximate surface area is 130 Å². The van der Waals surface area contributed by atoms with Crippen molar-refractivity contribution >= 4 is 5.69 Å². The van der Waals surface area contributed by atoms with Gasteiger partial charge in [0.15, 0.2) is 0 Å². The summed E-state index contributed by atoms with van der Waals surface area (Å²) >= 11 is 0. The van der Waals surface area contributed by atoms with E-state index in [0.29, 0.717) is 0 Å². The molecule has 0 aliphatic carbocycles. The van der Waals surface area contributed by atoms with Crippen molar-refractivity contribution in [2.75, 3.05) is 31.1 Å². The highest BCUT2D eigenvalue weighted by atomic mass is 16.3. The molecule has 1 fully saturated rings. The van der Waals surface area contributed by atoms with Crippen molar-refractivity contribution in [3.05, 3.63) is 60.2 Å². The number of benzene rings is 2. The largest absolute Gasteiger partial charge is 0.508 e. The lowest BCUT2D eigenvalue weighted by atomic mass is 10.1. The third-order valence-electron chi connectivity index (χ3n) is 4.11. The van der Waals surface area contributed by atoms with Crippen molar-refractivity contribution in [3.8, 4) is 11.8 Å². The van der Waals surface area contributed by atoms with Gasteiger partial charge in [-0.05, 0) is 29.8 Å². The Morgan fingerprint density at radius 1 is 0.955 bits per heavy atom. The molecule has 1 unspecified atom stereocenters. The summed E-state index contributed by atoms with van der Waals surface area (Å²) in [5, 5.41) is 19.1. The third-order valence-corrected chi connectivity index (χ3v) is 4.11. The van der Waals surface area contributed by atoms with Gasteiger partial charge in [-0.3, -0.25) is 4.90 Å². The van der Waals surface area contributed by atoms with Crippen LogP contribution in [0.2, 0.25) is 0 Å². The predicted molar refractivity (Wildman–Crippen MR) is 86.7 cm³/mol. The maximum absolute atomic E-state index is 9.61. The van der Waals surface area contributed by atoms with E-state index >= 15 is 0 Å². The molecule has 1 N–H and O–H groups in total. The summed E-state index contributed by atoms with van der Waals surface area (Å²) in [6, 6.07) is 19.4. The Morgan fingerprint density at radius 2 is 1.68 bits per heavy atom. The second-order valence-corrected chi connectivity index (χ2v) is 5.49. The number of nitrogens with zero attached hydrogens (tertiary/aromatic N) is 3. The van der Waals surface area contributed by atoms with Crippen molar-refractivity contribution in [1.29, 1.82) is 5.26 Å². The first-order valence-corrected chi connectivity index (χ1v) is 7.50. The van der Waals surface area contributed by atoms with E-state index in [1.165, 1.54) is 5.69 Å². The normalized spacial score (nSPS) is 17.0. The van der Waals surface area contributed by atoms with Crippen LogP contribution in [0, 0.1) is 11.3 Å². The average molecular weight is 293 g/mol. The number of rotatable bonds is 3. The number of hydrogen-bond donors (Lipinski definition) is 1. The van der Waals surface area contributed by atoms with Crippen LogP contribution in [-0.4, -0.2) is 36.2 Å². The van der Waals surface area contributed by atoms with Crippen LogP contribution in [0.3, 0.4) is 0 Å². The lowest BCUT2D eigenvalue weighted by Gasteiger charge is -2.38. The zero-order valence-corrected chi connectivity index (χ0v) is 12.4. The summed E-state index contributed by atoms with van der Waals surface area (Å²) in [4.78, 5) is 4.52. The van der Waals surface area contributed by atoms with Crippen LogP contribution in [0.25, 0.3) is 0 Å². The molecule has 4 heteroatoms. The van der Waals surface area contributed by atoms with Crippen LogP contribution in [0.4, 0.5) is 5.69 Å². The molecule has 0 radical (unpaired) electrons. The van der Waals surface area contributed by atoms with Gasteiger partial charge in [0.2, 0.25) is 0 Å². The van der Waals surface area contributed by atoms with Crippen LogP contribution in [0.15, 0.2) is 54.6 Å². The molecular formula is C18H19N3O. The molecule has 0 saturated carbocycles. The number of anilines is 1. The number of phenolic OH excluding ortho intramolecular Hbond substituents is 1. The predicted octanol–water partition coefficient (Wildman–Crippen LogP) is 2.78. The van der Waals surface area contributed by atoms with E-state index in [1.54, 1.807) is 18.2 Å². The van der Waals surface area contributed by atoms with Gasteiger partial charge in [0.05, 0.1) is 6.07 Å². The number of hydrogen-bond acceptors (Lipinski definition) is 4. The number of nitriles is 1. The summed E-state index contributed by atoms with van der Waals surface area (Å²) in [5.74, 6) is 0.209. The highest BCUT2D eigenvalue weighted by Gasteiger charge is 2.25. The Bertz CT molecular complexity index is 658. The van der Waals surface area contributed by atoms with Crippen molar-refractivity contribution in [1.82, 2.24) is 4.90 Å². The van der Waals surface area contributed by atoms with Gasteiger partial charge in [0.1, 0.15) is 11.8 Å². The maximum Gasteiger partial charge on any atom is 0.124 e. The van der Waals surface area contributed by atoms with E-state index in [9.17, 15) is 10.4 Å². The van der Waals surface area contributed by atoms with Gasteiger partial charge < -0.3 is 10.0 Å². The van der Waals surface area contributed by atoms with Crippen molar-refractivity contribution in [2.24, 2.45) is 0 Å². The quantitative estimate of drug-likeness (QED) is 0.945. The lowest BCUT2D eigenvalue weighted by Crippen LogP contribution is -2.47. The average Bonchev–Trinajstić information content (AvgIpc) is 2.57. The van der Waals surface area contributed by atoms with Crippen molar-refractivity contribution in [2.45, 2.75) is 6.04 Å². The second-order valence-electron chi connectivity index (χ2n) is 5.49. The van der Waals surface area contributed by atoms with Crippen molar-refractivity contribution < 1.29 is 5.11 Å². The highest BCUT2D eigenvalue weighted by molar-refractivity contribution is 5.46. The monoisotopic (exact) mass is 293 g/mol. The molecule has 1 atom stereocenters. The molecule has 1 saturated heterocycles. The third kappa shape index (κ3) is 3.05. The molecule has 1 aliphatic heterocycles. The van der Waals surface area contributed by atoms with Crippen LogP contribution < -0.4 is 4.90 Å². The molecule has 4 nitrogen and oxygen atoms in total. The summed E-state index contributed by atoms with van der Waals surface area (Å²) < 4.78 is 0. The van der Waals surface area contributed by atoms with Gasteiger partial charge in [-0.1, -0.05) is 30.3 Å². The van der Waals surface area contributed by atoms with Gasteiger partial charge in [-0.25, -0.2) is 0 Å². The molecule has 2 aromatic carbocycles. The van der Waals surface area contributed by atoms with E-state index < -0.39 is 0 Å². The first-order valence-electron chi connectivity index (χ1n) is 7.50. The highest BCUT2D eigenvalue weighted by Crippen LogP contribution is 2.25. The van der Waals surface area contributed by atoms with Gasteiger partial charge in [-0.2, -0.15) is 5.26 Å². The first kappa shape index (κ1) is 14.4. The summed E-state index contributed by atoms with van der Waals surface area (Å²) in [6.45, 7) is 3.48. The van der Waals surface area contributed by atoms with Gasteiger partial charge in [-0.15, -0.1) is 0 Å². The minimum absolute atomic E-state index is 0.209. The minimum atomic E-state index is -0.301. The smallest absolute Gasteiger partial charge is 0.124 e. The summed E-state index contributed by atoms with van der Waals surface area (Å²) in [5.41, 5.74) is 2.09. The molecule has 0 aromatic heterocycles. The van der Waals surface area contributed by atoms with Crippen LogP contribution in [0.5, 0.6) is 5.75 Å². The molecule has 2 aromatic rings. The van der Waals surface area contributed by atoms with Crippen LogP contribution >= 0.6 is 0 Å². The van der Waals surface area contributed by atoms with Crippen LogP contribution in [-0.2, 0) is 0 Å². The van der Waals surface area contributed by atoms with Gasteiger partial charge in [0, 0.05) is 31.9 Å². The van der Waals surface area contributed by atoms with E-state index in [1.807, 2.05) is 24.3 Å². The van der Waals surface area contributed by atoms with E-state index in [4.69, 9.17) is 0 Å². The van der Waals surface area contributed by atoms with E-state index in [2.05, 4.69) is 28.0 Å². The zero-order chi connectivity index (χ0) is 15.4. The number of para-hydroxylation sites is 1. The molecule has 22 heavy (non-hydrogen) atoms. The molecule has 0 amide bonds. The fraction of sp³-hybridized carbons (Fsp3) is 0.278. The lowest BCUT2D eigenvalue weighted by molar-refractivity contribution is 0.222. The Kier molecular flexibility index (Phi) is 4.27. The number of piperazine rings is 1. The molecular weight excluding hydrogens is 274 g/mol. The minimum Gasteiger partial charge on any atom is -0.508 e. The van der Waals surface area contributed by atoms with Crippen molar-refractivity contribution in [3.63, 3.8) is 0 Å². The van der Waals surface area contributed by atoms with E-state index in [0.717, 1.165) is 31.7 Å². The topological polar surface area (TPSA) is 50.5 Å². The van der Waals surface area contributed by atoms with Gasteiger partial charge in [0.25, 0.3) is 0 Å². The molecule has 112 valence electrons. The number of phenols is 1. The standard InChI is InChI=1S/C18H19N3O/c19-14-18(15-5-4-8-17(22)13-15)21-11-9-20(10-12-21)16-6-2-1-3-7-16/h1-8,13,18,22H,9-12H2. The fourth-order valence-electron chi connectivity index (χ4n) is 2.94. The Morgan fingerprint density at radius 3 is 2.32 bits per heavy atom. The zero-order valence-electron chi connectivity index (χ0n) is 12.4. The molecule has 0 spiro atoms. The molecule has 1 heterocycles. The molecule has 1 aliphatic rings. The number of aromatic hydroxyl groups is 1. The fourth-order valence-corrected chi connectivity index (χ4v) is 2.94. The SMILES string of the molecule is N#CC(c1cccc(O)c1)N1CCN(c2ccccc2)CC1. The maximum atomic E-state index is 9.61. The van der Waals surface area contributed by atoms with Gasteiger partial charge >= 0.3 is 0 Å². The Hall–Kier alpha value is -2.51. The molecule has 3 rings (SSSR count). The Balaban J connectivity index is 1.69. The summed E-state index contributed by atoms with van der Waals surface area (Å²) in [7, 11) is 0.